The fraction of sp³-hybridized carbons (Fsp3) is 0.133. The molecule has 0 saturated heterocycles. The van der Waals surface area contributed by atoms with Crippen molar-refractivity contribution in [1.82, 2.24) is 0 Å². The summed E-state index contributed by atoms with van der Waals surface area (Å²) in [5, 5.41) is 0. The standard InChI is InChI=1S/C15H13NO2/c17-13-8-9-16(15-7-4-10-18-15)14(11-13)12-5-2-1-3-6-12/h1-10,14H,11H2. The SMILES string of the molecule is O=C1C=CN(c2ccco2)C(c2ccccc2)C1. The Morgan fingerprint density at radius 2 is 1.94 bits per heavy atom. The van der Waals surface area contributed by atoms with Gasteiger partial charge in [0.25, 0.3) is 0 Å². The molecule has 1 aromatic heterocycles. The van der Waals surface area contributed by atoms with Crippen LogP contribution in [-0.4, -0.2) is 5.78 Å². The van der Waals surface area contributed by atoms with Crippen molar-refractivity contribution >= 4 is 11.7 Å². The topological polar surface area (TPSA) is 33.5 Å². The average molecular weight is 239 g/mol. The molecular weight excluding hydrogens is 226 g/mol. The third kappa shape index (κ3) is 1.95. The summed E-state index contributed by atoms with van der Waals surface area (Å²) in [5.41, 5.74) is 1.12. The number of nitrogens with zero attached hydrogens (tertiary/aromatic N) is 1. The van der Waals surface area contributed by atoms with Crippen LogP contribution in [0.25, 0.3) is 0 Å². The Labute approximate surface area is 105 Å². The van der Waals surface area contributed by atoms with Crippen LogP contribution in [-0.2, 0) is 4.79 Å². The van der Waals surface area contributed by atoms with Crippen molar-refractivity contribution < 1.29 is 9.21 Å². The van der Waals surface area contributed by atoms with Gasteiger partial charge in [-0.25, -0.2) is 0 Å². The molecule has 0 aliphatic carbocycles. The van der Waals surface area contributed by atoms with Gasteiger partial charge in [0.15, 0.2) is 11.7 Å². The summed E-state index contributed by atoms with van der Waals surface area (Å²) in [6.07, 6.45) is 5.51. The first kappa shape index (κ1) is 10.8. The minimum Gasteiger partial charge on any atom is -0.448 e. The van der Waals surface area contributed by atoms with Crippen LogP contribution in [0.4, 0.5) is 5.88 Å². The van der Waals surface area contributed by atoms with Crippen molar-refractivity contribution in [3.63, 3.8) is 0 Å². The van der Waals surface area contributed by atoms with E-state index in [0.717, 1.165) is 11.4 Å². The minimum atomic E-state index is 0.00912. The molecule has 1 aliphatic rings. The van der Waals surface area contributed by atoms with E-state index in [2.05, 4.69) is 0 Å². The number of carbonyl (C=O) groups is 1. The number of ketones is 1. The van der Waals surface area contributed by atoms with Gasteiger partial charge in [-0.3, -0.25) is 4.79 Å². The van der Waals surface area contributed by atoms with Gasteiger partial charge in [-0.15, -0.1) is 0 Å². The first-order valence-electron chi connectivity index (χ1n) is 5.92. The molecule has 3 heteroatoms. The molecule has 2 aromatic rings. The van der Waals surface area contributed by atoms with E-state index >= 15 is 0 Å². The smallest absolute Gasteiger partial charge is 0.199 e. The molecule has 1 unspecified atom stereocenters. The first-order chi connectivity index (χ1) is 8.84. The van der Waals surface area contributed by atoms with E-state index in [-0.39, 0.29) is 11.8 Å². The van der Waals surface area contributed by atoms with Gasteiger partial charge >= 0.3 is 0 Å². The summed E-state index contributed by atoms with van der Waals surface area (Å²) in [7, 11) is 0. The van der Waals surface area contributed by atoms with Crippen molar-refractivity contribution in [3.8, 4) is 0 Å². The summed E-state index contributed by atoms with van der Waals surface area (Å²) in [6.45, 7) is 0. The summed E-state index contributed by atoms with van der Waals surface area (Å²) in [4.78, 5) is 13.6. The van der Waals surface area contributed by atoms with E-state index in [1.54, 1.807) is 18.5 Å². The van der Waals surface area contributed by atoms with Crippen LogP contribution in [0, 0.1) is 0 Å². The first-order valence-corrected chi connectivity index (χ1v) is 5.92. The maximum absolute atomic E-state index is 11.6. The van der Waals surface area contributed by atoms with Gasteiger partial charge < -0.3 is 9.32 Å². The van der Waals surface area contributed by atoms with Gasteiger partial charge in [0.2, 0.25) is 0 Å². The lowest BCUT2D eigenvalue weighted by atomic mass is 9.97. The molecule has 0 radical (unpaired) electrons. The van der Waals surface area contributed by atoms with Crippen molar-refractivity contribution in [3.05, 3.63) is 66.6 Å². The zero-order valence-corrected chi connectivity index (χ0v) is 9.82. The Morgan fingerprint density at radius 1 is 1.11 bits per heavy atom. The zero-order chi connectivity index (χ0) is 12.4. The Balaban J connectivity index is 2.00. The molecule has 3 nitrogen and oxygen atoms in total. The summed E-state index contributed by atoms with van der Waals surface area (Å²) in [5.74, 6) is 0.902. The van der Waals surface area contributed by atoms with E-state index in [0.29, 0.717) is 6.42 Å². The van der Waals surface area contributed by atoms with Crippen LogP contribution in [0.2, 0.25) is 0 Å². The quantitative estimate of drug-likeness (QED) is 0.806. The van der Waals surface area contributed by atoms with Crippen LogP contribution in [0.15, 0.2) is 65.4 Å². The lowest BCUT2D eigenvalue weighted by molar-refractivity contribution is -0.115. The minimum absolute atomic E-state index is 0.00912. The van der Waals surface area contributed by atoms with Crippen LogP contribution in [0.3, 0.4) is 0 Å². The number of anilines is 1. The number of hydrogen-bond acceptors (Lipinski definition) is 3. The number of hydrogen-bond donors (Lipinski definition) is 0. The largest absolute Gasteiger partial charge is 0.448 e. The summed E-state index contributed by atoms with van der Waals surface area (Å²) >= 11 is 0. The molecule has 1 aliphatic heterocycles. The Hall–Kier alpha value is -2.29. The van der Waals surface area contributed by atoms with Crippen LogP contribution >= 0.6 is 0 Å². The third-order valence-corrected chi connectivity index (χ3v) is 3.10. The monoisotopic (exact) mass is 239 g/mol. The van der Waals surface area contributed by atoms with Gasteiger partial charge in [-0.05, 0) is 17.7 Å². The molecule has 90 valence electrons. The molecule has 1 atom stereocenters. The normalized spacial score (nSPS) is 19.2. The Morgan fingerprint density at radius 3 is 2.67 bits per heavy atom. The van der Waals surface area contributed by atoms with Gasteiger partial charge in [0.05, 0.1) is 12.3 Å². The van der Waals surface area contributed by atoms with Crippen molar-refractivity contribution in [2.24, 2.45) is 0 Å². The average Bonchev–Trinajstić information content (AvgIpc) is 2.93. The Bertz CT molecular complexity index is 557. The number of benzene rings is 1. The fourth-order valence-electron chi connectivity index (χ4n) is 2.22. The molecular formula is C15H13NO2. The maximum Gasteiger partial charge on any atom is 0.199 e. The highest BCUT2D eigenvalue weighted by Gasteiger charge is 2.26. The summed E-state index contributed by atoms with van der Waals surface area (Å²) in [6, 6.07) is 13.8. The van der Waals surface area contributed by atoms with E-state index in [1.807, 2.05) is 47.4 Å². The molecule has 0 fully saturated rings. The molecule has 0 bridgehead atoms. The predicted molar refractivity (Wildman–Crippen MR) is 69.1 cm³/mol. The van der Waals surface area contributed by atoms with Gasteiger partial charge in [-0.1, -0.05) is 30.3 Å². The lowest BCUT2D eigenvalue weighted by Gasteiger charge is -2.30. The highest BCUT2D eigenvalue weighted by atomic mass is 16.3. The fourth-order valence-corrected chi connectivity index (χ4v) is 2.22. The molecule has 0 spiro atoms. The summed E-state index contributed by atoms with van der Waals surface area (Å²) < 4.78 is 5.42. The number of furan rings is 1. The highest BCUT2D eigenvalue weighted by Crippen LogP contribution is 2.33. The predicted octanol–water partition coefficient (Wildman–Crippen LogP) is 3.31. The van der Waals surface area contributed by atoms with E-state index in [9.17, 15) is 4.79 Å². The van der Waals surface area contributed by atoms with Crippen LogP contribution < -0.4 is 4.90 Å². The molecule has 0 amide bonds. The Kier molecular flexibility index (Phi) is 2.73. The number of carbonyl (C=O) groups excluding carboxylic acids is 1. The maximum atomic E-state index is 11.6. The molecule has 2 heterocycles. The highest BCUT2D eigenvalue weighted by molar-refractivity contribution is 5.92. The molecule has 0 N–H and O–H groups in total. The zero-order valence-electron chi connectivity index (χ0n) is 9.82. The molecule has 1 aromatic carbocycles. The second kappa shape index (κ2) is 4.53. The third-order valence-electron chi connectivity index (χ3n) is 3.10. The van der Waals surface area contributed by atoms with Crippen molar-refractivity contribution in [2.45, 2.75) is 12.5 Å². The van der Waals surface area contributed by atoms with Gasteiger partial charge in [-0.2, -0.15) is 0 Å². The van der Waals surface area contributed by atoms with Crippen molar-refractivity contribution in [1.29, 1.82) is 0 Å². The second-order valence-electron chi connectivity index (χ2n) is 4.27. The van der Waals surface area contributed by atoms with E-state index in [4.69, 9.17) is 4.42 Å². The molecule has 18 heavy (non-hydrogen) atoms. The van der Waals surface area contributed by atoms with Gasteiger partial charge in [0.1, 0.15) is 0 Å². The number of rotatable bonds is 2. The number of allylic oxidation sites excluding steroid dienone is 1. The van der Waals surface area contributed by atoms with Crippen LogP contribution in [0.1, 0.15) is 18.0 Å². The molecule has 3 rings (SSSR count). The lowest BCUT2D eigenvalue weighted by Crippen LogP contribution is -2.28. The second-order valence-corrected chi connectivity index (χ2v) is 4.27. The van der Waals surface area contributed by atoms with E-state index < -0.39 is 0 Å². The van der Waals surface area contributed by atoms with Crippen LogP contribution in [0.5, 0.6) is 0 Å². The van der Waals surface area contributed by atoms with Crippen molar-refractivity contribution in [2.75, 3.05) is 4.90 Å². The van der Waals surface area contributed by atoms with Gasteiger partial charge in [0, 0.05) is 18.7 Å². The van der Waals surface area contributed by atoms with E-state index in [1.165, 1.54) is 0 Å². The molecule has 0 saturated carbocycles.